The van der Waals surface area contributed by atoms with Crippen LogP contribution in [0.1, 0.15) is 402 Å². The van der Waals surface area contributed by atoms with Gasteiger partial charge in [0.1, 0.15) is 19.3 Å². The van der Waals surface area contributed by atoms with Crippen LogP contribution in [0.15, 0.2) is 24.3 Å². The Bertz CT molecular complexity index is 2060. The third-order valence-electron chi connectivity index (χ3n) is 19.2. The zero-order valence-corrected chi connectivity index (χ0v) is 67.6. The number of phosphoric acid groups is 2. The molecular formula is C82H156O17P2. The Morgan fingerprint density at radius 3 is 0.881 bits per heavy atom. The SMILES string of the molecule is CCCCCC/C=C\C=C/CCCCCCCC(=O)OC[C@H](COP(=O)(O)OC[C@@H](O)COP(=O)(O)OC[C@@H](COC(=O)CCCCCCCCC(C)CC)OC(=O)CCCCCCCCCCCCCCCCC(C)CC)OC(=O)CCCCCCCCCCCCCCCCCC(C)C. The summed E-state index contributed by atoms with van der Waals surface area (Å²) in [6, 6.07) is 0. The van der Waals surface area contributed by atoms with Crippen molar-refractivity contribution in [2.24, 2.45) is 17.8 Å². The van der Waals surface area contributed by atoms with Crippen molar-refractivity contribution < 1.29 is 80.2 Å². The quantitative estimate of drug-likeness (QED) is 0.0169. The van der Waals surface area contributed by atoms with E-state index >= 15 is 0 Å². The number of rotatable bonds is 78. The van der Waals surface area contributed by atoms with Crippen LogP contribution >= 0.6 is 15.6 Å². The van der Waals surface area contributed by atoms with Crippen LogP contribution in [0.5, 0.6) is 0 Å². The van der Waals surface area contributed by atoms with E-state index < -0.39 is 97.5 Å². The molecule has 0 aliphatic rings. The molecule has 596 valence electrons. The maximum Gasteiger partial charge on any atom is 0.472 e. The standard InChI is InChI=1S/C82H156O17P2/c1-8-11-12-13-14-15-16-17-19-26-31-36-41-49-56-63-79(84)92-69-77(98-81(86)65-58-51-42-37-32-27-21-18-20-24-29-34-39-46-53-60-73(4)5)71-96-100(88,89)94-67-76(83)68-95-101(90,91)97-72-78(70-93-80(85)64-57-50-45-44-48-55-62-75(7)10-3)99-82(87)66-59-52-43-38-33-28-23-22-25-30-35-40-47-54-61-74(6)9-2/h15-17,19,73-78,83H,8-14,18,20-72H2,1-7H3,(H,88,89)(H,90,91)/b16-15-,19-17-/t74?,75?,76-,77-,78-/m1/s1. The van der Waals surface area contributed by atoms with Gasteiger partial charge in [-0.05, 0) is 69.1 Å². The van der Waals surface area contributed by atoms with E-state index in [0.29, 0.717) is 25.7 Å². The maximum absolute atomic E-state index is 13.1. The maximum atomic E-state index is 13.1. The van der Waals surface area contributed by atoms with Crippen molar-refractivity contribution in [1.82, 2.24) is 0 Å². The van der Waals surface area contributed by atoms with Crippen molar-refractivity contribution in [2.45, 2.75) is 420 Å². The number of aliphatic hydroxyl groups is 1. The van der Waals surface area contributed by atoms with Gasteiger partial charge in [-0.2, -0.15) is 0 Å². The molecule has 0 heterocycles. The van der Waals surface area contributed by atoms with E-state index in [2.05, 4.69) is 72.8 Å². The third kappa shape index (κ3) is 72.9. The molecule has 0 radical (unpaired) electrons. The van der Waals surface area contributed by atoms with Crippen molar-refractivity contribution in [3.63, 3.8) is 0 Å². The average Bonchev–Trinajstić information content (AvgIpc) is 0.929. The summed E-state index contributed by atoms with van der Waals surface area (Å²) < 4.78 is 68.7. The minimum absolute atomic E-state index is 0.101. The van der Waals surface area contributed by atoms with Gasteiger partial charge in [0.05, 0.1) is 26.4 Å². The number of allylic oxidation sites excluding steroid dienone is 4. The second-order valence-electron chi connectivity index (χ2n) is 29.8. The monoisotopic (exact) mass is 1480 g/mol. The van der Waals surface area contributed by atoms with Crippen LogP contribution in [-0.2, 0) is 65.4 Å². The molecule has 101 heavy (non-hydrogen) atoms. The van der Waals surface area contributed by atoms with Crippen molar-refractivity contribution >= 4 is 39.5 Å². The Morgan fingerprint density at radius 2 is 0.584 bits per heavy atom. The normalized spacial score (nSPS) is 14.6. The van der Waals surface area contributed by atoms with E-state index in [9.17, 15) is 43.2 Å². The molecule has 4 unspecified atom stereocenters. The van der Waals surface area contributed by atoms with Crippen LogP contribution in [0.3, 0.4) is 0 Å². The molecule has 0 aromatic heterocycles. The molecule has 0 rings (SSSR count). The van der Waals surface area contributed by atoms with Crippen LogP contribution in [0, 0.1) is 17.8 Å². The lowest BCUT2D eigenvalue weighted by atomic mass is 9.99. The van der Waals surface area contributed by atoms with Gasteiger partial charge in [0.25, 0.3) is 0 Å². The fourth-order valence-corrected chi connectivity index (χ4v) is 13.6. The van der Waals surface area contributed by atoms with Crippen LogP contribution in [0.25, 0.3) is 0 Å². The average molecular weight is 1480 g/mol. The highest BCUT2D eigenvalue weighted by atomic mass is 31.2. The lowest BCUT2D eigenvalue weighted by Crippen LogP contribution is -2.30. The molecule has 0 aromatic rings. The van der Waals surface area contributed by atoms with Crippen LogP contribution in [0.4, 0.5) is 0 Å². The second-order valence-corrected chi connectivity index (χ2v) is 32.7. The first-order valence-corrected chi connectivity index (χ1v) is 44.7. The summed E-state index contributed by atoms with van der Waals surface area (Å²) in [5.74, 6) is 0.233. The van der Waals surface area contributed by atoms with Crippen LogP contribution in [-0.4, -0.2) is 96.7 Å². The summed E-state index contributed by atoms with van der Waals surface area (Å²) in [5, 5.41) is 10.6. The number of hydrogen-bond donors (Lipinski definition) is 3. The number of carbonyl (C=O) groups is 4. The molecule has 0 aliphatic heterocycles. The zero-order valence-electron chi connectivity index (χ0n) is 65.9. The number of hydrogen-bond acceptors (Lipinski definition) is 15. The Hall–Kier alpha value is -2.46. The van der Waals surface area contributed by atoms with Gasteiger partial charge in [-0.25, -0.2) is 9.13 Å². The van der Waals surface area contributed by atoms with Crippen LogP contribution in [0.2, 0.25) is 0 Å². The predicted molar refractivity (Wildman–Crippen MR) is 414 cm³/mol. The van der Waals surface area contributed by atoms with Crippen molar-refractivity contribution in [1.29, 1.82) is 0 Å². The molecule has 0 bridgehead atoms. The van der Waals surface area contributed by atoms with E-state index in [1.165, 1.54) is 186 Å². The summed E-state index contributed by atoms with van der Waals surface area (Å²) in [5.41, 5.74) is 0. The molecule has 0 saturated heterocycles. The number of phosphoric ester groups is 2. The highest BCUT2D eigenvalue weighted by molar-refractivity contribution is 7.47. The van der Waals surface area contributed by atoms with E-state index in [1.54, 1.807) is 0 Å². The molecule has 0 amide bonds. The molecule has 0 spiro atoms. The van der Waals surface area contributed by atoms with Gasteiger partial charge in [0.2, 0.25) is 0 Å². The molecular weight excluding hydrogens is 1320 g/mol. The van der Waals surface area contributed by atoms with Gasteiger partial charge >= 0.3 is 39.5 Å². The van der Waals surface area contributed by atoms with Gasteiger partial charge < -0.3 is 33.8 Å². The first-order chi connectivity index (χ1) is 48.8. The Balaban J connectivity index is 5.28. The fourth-order valence-electron chi connectivity index (χ4n) is 12.1. The number of aliphatic hydroxyl groups excluding tert-OH is 1. The van der Waals surface area contributed by atoms with E-state index in [-0.39, 0.29) is 25.7 Å². The highest BCUT2D eigenvalue weighted by Gasteiger charge is 2.30. The van der Waals surface area contributed by atoms with E-state index in [4.69, 9.17) is 37.0 Å². The fraction of sp³-hybridized carbons (Fsp3) is 0.902. The minimum Gasteiger partial charge on any atom is -0.462 e. The molecule has 0 aromatic carbocycles. The molecule has 3 N–H and O–H groups in total. The largest absolute Gasteiger partial charge is 0.472 e. The summed E-state index contributed by atoms with van der Waals surface area (Å²) in [6.07, 6.45) is 63.2. The number of esters is 4. The summed E-state index contributed by atoms with van der Waals surface area (Å²) >= 11 is 0. The molecule has 0 fully saturated rings. The second kappa shape index (κ2) is 71.8. The van der Waals surface area contributed by atoms with Crippen molar-refractivity contribution in [3.05, 3.63) is 24.3 Å². The van der Waals surface area contributed by atoms with Gasteiger partial charge in [-0.15, -0.1) is 0 Å². The molecule has 17 nitrogen and oxygen atoms in total. The smallest absolute Gasteiger partial charge is 0.462 e. The van der Waals surface area contributed by atoms with Gasteiger partial charge in [0.15, 0.2) is 12.2 Å². The van der Waals surface area contributed by atoms with Crippen molar-refractivity contribution in [3.8, 4) is 0 Å². The lowest BCUT2D eigenvalue weighted by molar-refractivity contribution is -0.161. The molecule has 7 atom stereocenters. The molecule has 0 saturated carbocycles. The number of carbonyl (C=O) groups excluding carboxylic acids is 4. The van der Waals surface area contributed by atoms with Crippen LogP contribution < -0.4 is 0 Å². The molecule has 0 aliphatic carbocycles. The lowest BCUT2D eigenvalue weighted by Gasteiger charge is -2.21. The highest BCUT2D eigenvalue weighted by Crippen LogP contribution is 2.45. The van der Waals surface area contributed by atoms with Gasteiger partial charge in [-0.3, -0.25) is 37.3 Å². The third-order valence-corrected chi connectivity index (χ3v) is 21.1. The van der Waals surface area contributed by atoms with E-state index in [0.717, 1.165) is 133 Å². The van der Waals surface area contributed by atoms with Crippen molar-refractivity contribution in [2.75, 3.05) is 39.6 Å². The number of ether oxygens (including phenoxy) is 4. The summed E-state index contributed by atoms with van der Waals surface area (Å²) in [4.78, 5) is 73.0. The summed E-state index contributed by atoms with van der Waals surface area (Å²) in [6.45, 7) is 11.9. The first-order valence-electron chi connectivity index (χ1n) is 41.7. The number of unbranched alkanes of at least 4 members (excludes halogenated alkanes) is 41. The van der Waals surface area contributed by atoms with Gasteiger partial charge in [-0.1, -0.05) is 349 Å². The van der Waals surface area contributed by atoms with Gasteiger partial charge in [0, 0.05) is 25.7 Å². The topological polar surface area (TPSA) is 237 Å². The Morgan fingerprint density at radius 1 is 0.327 bits per heavy atom. The predicted octanol–water partition coefficient (Wildman–Crippen LogP) is 24.1. The van der Waals surface area contributed by atoms with E-state index in [1.807, 2.05) is 0 Å². The first kappa shape index (κ1) is 98.5. The Labute approximate surface area is 618 Å². The zero-order chi connectivity index (χ0) is 74.4. The Kier molecular flexibility index (Phi) is 70.0. The molecule has 19 heteroatoms. The summed E-state index contributed by atoms with van der Waals surface area (Å²) in [7, 11) is -9.93. The minimum atomic E-state index is -4.97.